The van der Waals surface area contributed by atoms with E-state index in [4.69, 9.17) is 0 Å². The summed E-state index contributed by atoms with van der Waals surface area (Å²) in [6.07, 6.45) is 30.1. The van der Waals surface area contributed by atoms with Gasteiger partial charge in [-0.15, -0.1) is 45.3 Å². The summed E-state index contributed by atoms with van der Waals surface area (Å²) in [5, 5.41) is 5.12. The zero-order chi connectivity index (χ0) is 35.0. The number of benzene rings is 1. The summed E-state index contributed by atoms with van der Waals surface area (Å²) >= 11 is 22.7. The lowest BCUT2D eigenvalue weighted by atomic mass is 10.0. The highest BCUT2D eigenvalue weighted by atomic mass is 79.9. The van der Waals surface area contributed by atoms with Gasteiger partial charge in [-0.2, -0.15) is 0 Å². The minimum Gasteiger partial charge on any atom is -0.140 e. The molecule has 0 amide bonds. The molecule has 0 fully saturated rings. The predicted octanol–water partition coefficient (Wildman–Crippen LogP) is 18.8. The van der Waals surface area contributed by atoms with Crippen molar-refractivity contribution in [1.29, 1.82) is 0 Å². The van der Waals surface area contributed by atoms with Gasteiger partial charge in [0.1, 0.15) is 0 Å². The second kappa shape index (κ2) is 23.4. The van der Waals surface area contributed by atoms with Crippen LogP contribution in [0.5, 0.6) is 0 Å². The summed E-state index contributed by atoms with van der Waals surface area (Å²) in [5.74, 6) is 0. The zero-order valence-electron chi connectivity index (χ0n) is 29.6. The molecule has 0 bridgehead atoms. The Kier molecular flexibility index (Phi) is 19.5. The van der Waals surface area contributed by atoms with Crippen molar-refractivity contribution in [3.8, 4) is 20.9 Å². The van der Waals surface area contributed by atoms with Crippen LogP contribution in [0, 0.1) is 0 Å². The molecule has 1 aromatic carbocycles. The average Bonchev–Trinajstić information content (AvgIpc) is 3.92. The highest BCUT2D eigenvalue weighted by Crippen LogP contribution is 2.53. The Morgan fingerprint density at radius 3 is 1.04 bits per heavy atom. The molecule has 0 radical (unpaired) electrons. The lowest BCUT2D eigenvalue weighted by molar-refractivity contribution is 0.558. The fourth-order valence-electron chi connectivity index (χ4n) is 7.11. The Balaban J connectivity index is 1.18. The second-order valence-corrected chi connectivity index (χ2v) is 22.6. The standard InChI is InChI=1S/C42H54Br4S4/c43-27-19-15-11-7-3-1-5-9-13-17-21-31-23-25-35(47-31)39-33-29-37(45)50-42(33)40(34-30-38(46)49-41(34)39)36-26-24-32(48-36)22-18-14-10-6-2-4-8-12-16-20-28-44/h23-26,29-30H,1-22,27-28H2. The molecule has 0 unspecified atom stereocenters. The highest BCUT2D eigenvalue weighted by molar-refractivity contribution is 9.11. The van der Waals surface area contributed by atoms with Gasteiger partial charge in [-0.05, 0) is 107 Å². The molecule has 0 saturated heterocycles. The molecule has 0 aliphatic carbocycles. The molecular formula is C42H54Br4S4. The molecule has 50 heavy (non-hydrogen) atoms. The number of alkyl halides is 2. The molecular weight excluding hydrogens is 952 g/mol. The summed E-state index contributed by atoms with van der Waals surface area (Å²) in [6, 6.07) is 14.4. The number of hydrogen-bond acceptors (Lipinski definition) is 4. The van der Waals surface area contributed by atoms with Gasteiger partial charge < -0.3 is 0 Å². The van der Waals surface area contributed by atoms with Crippen molar-refractivity contribution in [3.05, 3.63) is 53.7 Å². The van der Waals surface area contributed by atoms with Gasteiger partial charge >= 0.3 is 0 Å². The smallest absolute Gasteiger partial charge is 0.0711 e. The van der Waals surface area contributed by atoms with Crippen LogP contribution in [-0.2, 0) is 12.8 Å². The Morgan fingerprint density at radius 1 is 0.380 bits per heavy atom. The lowest BCUT2D eigenvalue weighted by Gasteiger charge is -2.09. The molecule has 0 aliphatic heterocycles. The van der Waals surface area contributed by atoms with Gasteiger partial charge in [-0.25, -0.2) is 0 Å². The van der Waals surface area contributed by atoms with Crippen LogP contribution in [0.1, 0.15) is 138 Å². The number of rotatable bonds is 26. The first kappa shape index (κ1) is 41.6. The molecule has 5 aromatic rings. The first-order valence-corrected chi connectivity index (χ1v) is 26.3. The first-order chi connectivity index (χ1) is 24.6. The van der Waals surface area contributed by atoms with E-state index in [1.165, 1.54) is 200 Å². The van der Waals surface area contributed by atoms with Crippen LogP contribution >= 0.6 is 109 Å². The molecule has 0 N–H and O–H groups in total. The number of aryl methyl sites for hydroxylation is 2. The molecule has 5 rings (SSSR count). The van der Waals surface area contributed by atoms with Crippen molar-refractivity contribution in [3.63, 3.8) is 0 Å². The van der Waals surface area contributed by atoms with E-state index in [2.05, 4.69) is 100 Å². The van der Waals surface area contributed by atoms with Crippen LogP contribution in [0.15, 0.2) is 44.0 Å². The van der Waals surface area contributed by atoms with Crippen LogP contribution in [0.3, 0.4) is 0 Å². The fraction of sp³-hybridized carbons (Fsp3) is 0.571. The van der Waals surface area contributed by atoms with Crippen molar-refractivity contribution in [2.75, 3.05) is 10.7 Å². The molecule has 0 spiro atoms. The van der Waals surface area contributed by atoms with E-state index < -0.39 is 0 Å². The van der Waals surface area contributed by atoms with Gasteiger partial charge in [0, 0.05) is 61.5 Å². The van der Waals surface area contributed by atoms with Gasteiger partial charge in [0.2, 0.25) is 0 Å². The molecule has 8 heteroatoms. The number of unbranched alkanes of at least 4 members (excludes halogenated alkanes) is 18. The van der Waals surface area contributed by atoms with Crippen molar-refractivity contribution >= 4 is 129 Å². The van der Waals surface area contributed by atoms with Crippen LogP contribution in [0.25, 0.3) is 41.1 Å². The van der Waals surface area contributed by atoms with E-state index >= 15 is 0 Å². The number of fused-ring (bicyclic) bond motifs is 2. The maximum atomic E-state index is 3.90. The minimum absolute atomic E-state index is 1.16. The molecule has 0 saturated carbocycles. The predicted molar refractivity (Wildman–Crippen MR) is 247 cm³/mol. The fourth-order valence-corrected chi connectivity index (χ4v) is 13.6. The number of hydrogen-bond donors (Lipinski definition) is 0. The van der Waals surface area contributed by atoms with Crippen LogP contribution in [-0.4, -0.2) is 10.7 Å². The molecule has 4 heterocycles. The largest absolute Gasteiger partial charge is 0.140 e. The highest BCUT2D eigenvalue weighted by Gasteiger charge is 2.23. The van der Waals surface area contributed by atoms with Crippen molar-refractivity contribution in [2.45, 2.75) is 141 Å². The third-order valence-electron chi connectivity index (χ3n) is 9.83. The second-order valence-electron chi connectivity index (χ2n) is 13.8. The maximum absolute atomic E-state index is 3.90. The SMILES string of the molecule is BrCCCCCCCCCCCCc1ccc(-c2c3cc(Br)sc3c(-c3ccc(CCCCCCCCCCCCBr)s3)c3cc(Br)sc23)s1. The maximum Gasteiger partial charge on any atom is 0.0711 e. The van der Waals surface area contributed by atoms with Gasteiger partial charge in [0.15, 0.2) is 0 Å². The Bertz CT molecular complexity index is 1520. The quantitative estimate of drug-likeness (QED) is 0.0383. The monoisotopic (exact) mass is 1000 g/mol. The Labute approximate surface area is 352 Å². The zero-order valence-corrected chi connectivity index (χ0v) is 39.2. The van der Waals surface area contributed by atoms with Crippen molar-refractivity contribution in [2.24, 2.45) is 0 Å². The van der Waals surface area contributed by atoms with E-state index in [1.807, 2.05) is 45.3 Å². The molecule has 274 valence electrons. The van der Waals surface area contributed by atoms with E-state index in [0.29, 0.717) is 0 Å². The minimum atomic E-state index is 1.16. The van der Waals surface area contributed by atoms with Crippen molar-refractivity contribution < 1.29 is 0 Å². The average molecular weight is 1010 g/mol. The molecule has 0 aliphatic rings. The summed E-state index contributed by atoms with van der Waals surface area (Å²) in [5.41, 5.74) is 2.86. The Morgan fingerprint density at radius 2 is 0.700 bits per heavy atom. The van der Waals surface area contributed by atoms with Gasteiger partial charge in [0.05, 0.1) is 7.57 Å². The van der Waals surface area contributed by atoms with Crippen LogP contribution in [0.2, 0.25) is 0 Å². The van der Waals surface area contributed by atoms with Crippen LogP contribution in [0.4, 0.5) is 0 Å². The molecule has 4 aromatic heterocycles. The molecule has 0 nitrogen and oxygen atoms in total. The number of halogens is 4. The van der Waals surface area contributed by atoms with Gasteiger partial charge in [0.25, 0.3) is 0 Å². The number of thiophene rings is 4. The normalized spacial score (nSPS) is 11.9. The summed E-state index contributed by atoms with van der Waals surface area (Å²) in [7, 11) is 0. The lowest BCUT2D eigenvalue weighted by Crippen LogP contribution is -1.84. The summed E-state index contributed by atoms with van der Waals surface area (Å²) in [4.78, 5) is 5.90. The topological polar surface area (TPSA) is 0 Å². The van der Waals surface area contributed by atoms with Gasteiger partial charge in [-0.3, -0.25) is 0 Å². The molecule has 0 atom stereocenters. The van der Waals surface area contributed by atoms with Crippen molar-refractivity contribution in [1.82, 2.24) is 0 Å². The van der Waals surface area contributed by atoms with Gasteiger partial charge in [-0.1, -0.05) is 135 Å². The van der Waals surface area contributed by atoms with E-state index in [-0.39, 0.29) is 0 Å². The van der Waals surface area contributed by atoms with E-state index in [9.17, 15) is 0 Å². The summed E-state index contributed by atoms with van der Waals surface area (Å²) in [6.45, 7) is 0. The van der Waals surface area contributed by atoms with E-state index in [1.54, 1.807) is 0 Å². The van der Waals surface area contributed by atoms with Crippen LogP contribution < -0.4 is 0 Å². The first-order valence-electron chi connectivity index (χ1n) is 19.2. The third kappa shape index (κ3) is 12.8. The third-order valence-corrected chi connectivity index (χ3v) is 16.6. The Hall–Kier alpha value is 0.460. The summed E-state index contributed by atoms with van der Waals surface area (Å²) < 4.78 is 5.28. The van der Waals surface area contributed by atoms with E-state index in [0.717, 1.165) is 10.7 Å².